The van der Waals surface area contributed by atoms with Crippen LogP contribution >= 0.6 is 11.3 Å². The highest BCUT2D eigenvalue weighted by Crippen LogP contribution is 2.27. The second-order valence-electron chi connectivity index (χ2n) is 6.89. The summed E-state index contributed by atoms with van der Waals surface area (Å²) in [6.07, 6.45) is 1.78. The Labute approximate surface area is 162 Å². The number of thiophene rings is 1. The highest BCUT2D eigenvalue weighted by Gasteiger charge is 2.13. The van der Waals surface area contributed by atoms with Crippen molar-refractivity contribution < 1.29 is 0 Å². The molecule has 4 rings (SSSR count). The zero-order valence-electron chi connectivity index (χ0n) is 15.6. The highest BCUT2D eigenvalue weighted by atomic mass is 32.1. The fourth-order valence-corrected chi connectivity index (χ4v) is 3.90. The molecule has 3 N–H and O–H groups in total. The van der Waals surface area contributed by atoms with Gasteiger partial charge in [0.05, 0.1) is 6.33 Å². The second kappa shape index (κ2) is 7.00. The molecule has 0 aliphatic carbocycles. The van der Waals surface area contributed by atoms with Crippen molar-refractivity contribution in [1.82, 2.24) is 19.5 Å². The molecule has 0 radical (unpaired) electrons. The van der Waals surface area contributed by atoms with Crippen LogP contribution in [0, 0.1) is 6.92 Å². The van der Waals surface area contributed by atoms with E-state index in [1.807, 2.05) is 4.57 Å². The van der Waals surface area contributed by atoms with Crippen LogP contribution in [-0.2, 0) is 6.54 Å². The van der Waals surface area contributed by atoms with Gasteiger partial charge >= 0.3 is 0 Å². The lowest BCUT2D eigenvalue weighted by Gasteiger charge is -2.10. The van der Waals surface area contributed by atoms with E-state index in [1.54, 1.807) is 17.7 Å². The maximum absolute atomic E-state index is 5.91. The van der Waals surface area contributed by atoms with E-state index >= 15 is 0 Å². The fraction of sp³-hybridized carbons (Fsp3) is 0.250. The van der Waals surface area contributed by atoms with Crippen molar-refractivity contribution in [3.05, 3.63) is 53.2 Å². The number of aromatic nitrogens is 4. The van der Waals surface area contributed by atoms with Gasteiger partial charge < -0.3 is 15.6 Å². The van der Waals surface area contributed by atoms with E-state index in [9.17, 15) is 0 Å². The molecule has 0 saturated heterocycles. The summed E-state index contributed by atoms with van der Waals surface area (Å²) in [6.45, 7) is 6.93. The average molecular weight is 379 g/mol. The summed E-state index contributed by atoms with van der Waals surface area (Å²) in [5.74, 6) is 0.908. The van der Waals surface area contributed by atoms with Gasteiger partial charge in [0.25, 0.3) is 0 Å². The van der Waals surface area contributed by atoms with Crippen molar-refractivity contribution >= 4 is 34.3 Å². The van der Waals surface area contributed by atoms with E-state index in [0.29, 0.717) is 12.4 Å². The molecule has 6 nitrogen and oxygen atoms in total. The van der Waals surface area contributed by atoms with Crippen LogP contribution in [0.1, 0.15) is 31.0 Å². The van der Waals surface area contributed by atoms with E-state index in [4.69, 9.17) is 5.73 Å². The Hall–Kier alpha value is -2.93. The van der Waals surface area contributed by atoms with Crippen LogP contribution in [0.2, 0.25) is 0 Å². The van der Waals surface area contributed by atoms with Crippen molar-refractivity contribution in [2.45, 2.75) is 33.4 Å². The molecule has 0 bridgehead atoms. The zero-order valence-corrected chi connectivity index (χ0v) is 16.4. The van der Waals surface area contributed by atoms with Gasteiger partial charge in [-0.2, -0.15) is 9.97 Å². The fourth-order valence-electron chi connectivity index (χ4n) is 2.99. The van der Waals surface area contributed by atoms with Crippen LogP contribution in [0.5, 0.6) is 0 Å². The molecule has 3 heterocycles. The van der Waals surface area contributed by atoms with Crippen LogP contribution in [0.3, 0.4) is 0 Å². The number of aryl methyl sites for hydroxylation is 1. The largest absolute Gasteiger partial charge is 0.368 e. The molecule has 0 unspecified atom stereocenters. The van der Waals surface area contributed by atoms with Gasteiger partial charge in [-0.3, -0.25) is 0 Å². The number of hydrogen-bond acceptors (Lipinski definition) is 6. The Kier molecular flexibility index (Phi) is 4.53. The third-order valence-corrected chi connectivity index (χ3v) is 5.52. The van der Waals surface area contributed by atoms with E-state index < -0.39 is 0 Å². The third kappa shape index (κ3) is 3.50. The number of nitrogens with two attached hydrogens (primary N) is 1. The van der Waals surface area contributed by atoms with Crippen LogP contribution in [0.15, 0.2) is 42.0 Å². The van der Waals surface area contributed by atoms with E-state index in [2.05, 4.69) is 76.8 Å². The minimum Gasteiger partial charge on any atom is -0.368 e. The number of benzene rings is 1. The Balaban J connectivity index is 1.55. The first-order valence-corrected chi connectivity index (χ1v) is 9.77. The first-order valence-electron chi connectivity index (χ1n) is 8.89. The lowest BCUT2D eigenvalue weighted by Crippen LogP contribution is -2.07. The molecule has 0 amide bonds. The van der Waals surface area contributed by atoms with Gasteiger partial charge in [0.15, 0.2) is 17.0 Å². The quantitative estimate of drug-likeness (QED) is 0.529. The molecule has 4 aromatic rings. The molecule has 0 fully saturated rings. The molecule has 0 aliphatic rings. The zero-order chi connectivity index (χ0) is 19.0. The van der Waals surface area contributed by atoms with Crippen molar-refractivity contribution in [2.24, 2.45) is 0 Å². The summed E-state index contributed by atoms with van der Waals surface area (Å²) < 4.78 is 2.00. The monoisotopic (exact) mass is 378 g/mol. The lowest BCUT2D eigenvalue weighted by atomic mass is 10.1. The Morgan fingerprint density at radius 3 is 2.63 bits per heavy atom. The number of nitrogens with one attached hydrogen (secondary N) is 1. The summed E-state index contributed by atoms with van der Waals surface area (Å²) in [7, 11) is 0. The van der Waals surface area contributed by atoms with E-state index in [-0.39, 0.29) is 12.0 Å². The van der Waals surface area contributed by atoms with Crippen LogP contribution in [0.4, 0.5) is 11.8 Å². The molecule has 27 heavy (non-hydrogen) atoms. The Morgan fingerprint density at radius 2 is 1.96 bits per heavy atom. The normalized spacial score (nSPS) is 11.4. The molecule has 138 valence electrons. The predicted molar refractivity (Wildman–Crippen MR) is 112 cm³/mol. The van der Waals surface area contributed by atoms with Crippen molar-refractivity contribution in [1.29, 1.82) is 0 Å². The molecule has 0 aliphatic heterocycles. The molecule has 3 aromatic heterocycles. The van der Waals surface area contributed by atoms with Gasteiger partial charge in [-0.15, -0.1) is 11.3 Å². The molecule has 0 spiro atoms. The van der Waals surface area contributed by atoms with Crippen LogP contribution in [-0.4, -0.2) is 19.5 Å². The average Bonchev–Trinajstić information content (AvgIpc) is 3.26. The number of hydrogen-bond donors (Lipinski definition) is 2. The third-order valence-electron chi connectivity index (χ3n) is 4.42. The van der Waals surface area contributed by atoms with Gasteiger partial charge in [-0.1, -0.05) is 24.3 Å². The Bertz CT molecular complexity index is 1080. The van der Waals surface area contributed by atoms with Gasteiger partial charge in [0.1, 0.15) is 0 Å². The van der Waals surface area contributed by atoms with E-state index in [0.717, 1.165) is 11.2 Å². The topological polar surface area (TPSA) is 81.7 Å². The molecule has 1 aromatic carbocycles. The maximum atomic E-state index is 5.91. The minimum absolute atomic E-state index is 0.246. The summed E-state index contributed by atoms with van der Waals surface area (Å²) in [5.41, 5.74) is 11.1. The van der Waals surface area contributed by atoms with Crippen LogP contribution in [0.25, 0.3) is 21.6 Å². The maximum Gasteiger partial charge on any atom is 0.224 e. The summed E-state index contributed by atoms with van der Waals surface area (Å²) >= 11 is 1.77. The van der Waals surface area contributed by atoms with Gasteiger partial charge in [0, 0.05) is 17.5 Å². The molecule has 0 saturated carbocycles. The SMILES string of the molecule is Cc1csc(-c2ccc(CNc3nc(N)nc4c3ncn4C(C)C)cc2)c1. The minimum atomic E-state index is 0.246. The first-order chi connectivity index (χ1) is 13.0. The van der Waals surface area contributed by atoms with Crippen molar-refractivity contribution in [2.75, 3.05) is 11.1 Å². The molecular weight excluding hydrogens is 356 g/mol. The standard InChI is InChI=1S/C20H22N6S/c1-12(2)26-11-23-17-18(24-20(21)25-19(17)26)22-9-14-4-6-15(7-5-14)16-8-13(3)10-27-16/h4-8,10-12H,9H2,1-3H3,(H3,21,22,24,25). The predicted octanol–water partition coefficient (Wildman–Crippen LogP) is 4.64. The van der Waals surface area contributed by atoms with Gasteiger partial charge in [-0.05, 0) is 48.9 Å². The Morgan fingerprint density at radius 1 is 1.19 bits per heavy atom. The second-order valence-corrected chi connectivity index (χ2v) is 7.80. The lowest BCUT2D eigenvalue weighted by molar-refractivity contribution is 0.613. The summed E-state index contributed by atoms with van der Waals surface area (Å²) in [6, 6.07) is 11.0. The molecular formula is C20H22N6S. The van der Waals surface area contributed by atoms with Crippen LogP contribution < -0.4 is 11.1 Å². The first kappa shape index (κ1) is 17.5. The van der Waals surface area contributed by atoms with Gasteiger partial charge in [-0.25, -0.2) is 4.98 Å². The number of rotatable bonds is 5. The number of imidazole rings is 1. The smallest absolute Gasteiger partial charge is 0.224 e. The molecule has 7 heteroatoms. The summed E-state index contributed by atoms with van der Waals surface area (Å²) in [5, 5.41) is 5.53. The number of nitrogens with zero attached hydrogens (tertiary/aromatic N) is 4. The van der Waals surface area contributed by atoms with E-state index in [1.165, 1.54) is 21.6 Å². The number of anilines is 2. The summed E-state index contributed by atoms with van der Waals surface area (Å²) in [4.78, 5) is 14.4. The number of nitrogen functional groups attached to an aromatic ring is 1. The molecule has 0 atom stereocenters. The number of fused-ring (bicyclic) bond motifs is 1. The highest BCUT2D eigenvalue weighted by molar-refractivity contribution is 7.13. The van der Waals surface area contributed by atoms with Crippen molar-refractivity contribution in [3.8, 4) is 10.4 Å². The van der Waals surface area contributed by atoms with Gasteiger partial charge in [0.2, 0.25) is 5.95 Å². The van der Waals surface area contributed by atoms with Crippen molar-refractivity contribution in [3.63, 3.8) is 0 Å².